The number of hydrogen-bond acceptors (Lipinski definition) is 2. The van der Waals surface area contributed by atoms with E-state index in [1.54, 1.807) is 0 Å². The topological polar surface area (TPSA) is 26.3 Å². The van der Waals surface area contributed by atoms with E-state index < -0.39 is 0 Å². The standard InChI is InChI=1S/C56H84O2/c1-12-13-14-15-16-17-18-19-20-21-22-23-24-37-54(57)58-51-43-50(7)53(56(10,11)44-51)41-39-48(5)35-28-33-46(3)31-26-25-30-45(2)32-27-34-47(4)38-40-52-49(6)36-29-42-55(52,8)9/h17-18,25-28,30-35,38-41,51H,12-16,19-24,29,36-37,42-44H2,1-11H3/b18-17-,26-25+,32-27+,33-28+,40-38+,41-39+,45-30+,46-31+,47-34+,48-35+/t51-/m1/s1. The van der Waals surface area contributed by atoms with Gasteiger partial charge in [0.25, 0.3) is 0 Å². The molecule has 0 spiro atoms. The Hall–Kier alpha value is -3.65. The van der Waals surface area contributed by atoms with Gasteiger partial charge in [-0.1, -0.05) is 204 Å². The van der Waals surface area contributed by atoms with Crippen LogP contribution in [0.15, 0.2) is 142 Å². The molecule has 0 N–H and O–H groups in total. The molecule has 0 bridgehead atoms. The smallest absolute Gasteiger partial charge is 0.306 e. The second-order valence-electron chi connectivity index (χ2n) is 18.6. The number of esters is 1. The molecule has 0 unspecified atom stereocenters. The van der Waals surface area contributed by atoms with Crippen molar-refractivity contribution in [2.45, 2.75) is 191 Å². The summed E-state index contributed by atoms with van der Waals surface area (Å²) in [6.45, 7) is 24.6. The largest absolute Gasteiger partial charge is 0.462 e. The monoisotopic (exact) mass is 789 g/mol. The average Bonchev–Trinajstić information content (AvgIpc) is 3.14. The third-order valence-corrected chi connectivity index (χ3v) is 11.7. The summed E-state index contributed by atoms with van der Waals surface area (Å²) in [5.74, 6) is -0.0304. The fourth-order valence-corrected chi connectivity index (χ4v) is 8.24. The van der Waals surface area contributed by atoms with Crippen LogP contribution < -0.4 is 0 Å². The predicted octanol–water partition coefficient (Wildman–Crippen LogP) is 17.4. The minimum absolute atomic E-state index is 0.0304. The molecular weight excluding hydrogens is 705 g/mol. The summed E-state index contributed by atoms with van der Waals surface area (Å²) in [6, 6.07) is 0. The predicted molar refractivity (Wildman–Crippen MR) is 257 cm³/mol. The van der Waals surface area contributed by atoms with E-state index in [-0.39, 0.29) is 22.9 Å². The summed E-state index contributed by atoms with van der Waals surface area (Å²) < 4.78 is 6.01. The Morgan fingerprint density at radius 2 is 1.10 bits per heavy atom. The lowest BCUT2D eigenvalue weighted by Gasteiger charge is -2.37. The lowest BCUT2D eigenvalue weighted by atomic mass is 9.71. The van der Waals surface area contributed by atoms with Crippen LogP contribution in [-0.4, -0.2) is 12.1 Å². The normalized spacial score (nSPS) is 20.2. The molecule has 2 aliphatic rings. The first-order chi connectivity index (χ1) is 27.6. The van der Waals surface area contributed by atoms with Crippen molar-refractivity contribution in [2.75, 3.05) is 0 Å². The Morgan fingerprint density at radius 3 is 1.64 bits per heavy atom. The maximum Gasteiger partial charge on any atom is 0.306 e. The molecule has 0 radical (unpaired) electrons. The number of hydrogen-bond donors (Lipinski definition) is 0. The van der Waals surface area contributed by atoms with Crippen LogP contribution in [0.3, 0.4) is 0 Å². The molecule has 0 heterocycles. The molecular formula is C56H84O2. The lowest BCUT2D eigenvalue weighted by molar-refractivity contribution is -0.150. The highest BCUT2D eigenvalue weighted by Gasteiger charge is 2.34. The summed E-state index contributed by atoms with van der Waals surface area (Å²) in [6.07, 6.45) is 54.7. The Balaban J connectivity index is 1.76. The van der Waals surface area contributed by atoms with Crippen molar-refractivity contribution < 1.29 is 9.53 Å². The van der Waals surface area contributed by atoms with Gasteiger partial charge in [0.15, 0.2) is 0 Å². The number of rotatable bonds is 24. The lowest BCUT2D eigenvalue weighted by Crippen LogP contribution is -2.31. The molecule has 2 aliphatic carbocycles. The highest BCUT2D eigenvalue weighted by Crippen LogP contribution is 2.43. The second-order valence-corrected chi connectivity index (χ2v) is 18.6. The van der Waals surface area contributed by atoms with Gasteiger partial charge in [0.1, 0.15) is 6.10 Å². The van der Waals surface area contributed by atoms with Crippen LogP contribution in [0.1, 0.15) is 185 Å². The van der Waals surface area contributed by atoms with E-state index in [0.717, 1.165) is 25.7 Å². The number of unbranched alkanes of at least 4 members (excludes halogenated alkanes) is 9. The Kier molecular flexibility index (Phi) is 24.3. The highest BCUT2D eigenvalue weighted by molar-refractivity contribution is 5.69. The average molecular weight is 789 g/mol. The first-order valence-corrected chi connectivity index (χ1v) is 23.0. The molecule has 0 amide bonds. The van der Waals surface area contributed by atoms with Crippen molar-refractivity contribution in [3.8, 4) is 0 Å². The summed E-state index contributed by atoms with van der Waals surface area (Å²) in [7, 11) is 0. The van der Waals surface area contributed by atoms with E-state index in [1.807, 2.05) is 0 Å². The van der Waals surface area contributed by atoms with Crippen LogP contribution in [0.25, 0.3) is 0 Å². The van der Waals surface area contributed by atoms with E-state index in [1.165, 1.54) is 122 Å². The van der Waals surface area contributed by atoms with E-state index >= 15 is 0 Å². The maximum atomic E-state index is 12.7. The molecule has 0 fully saturated rings. The summed E-state index contributed by atoms with van der Waals surface area (Å²) >= 11 is 0. The van der Waals surface area contributed by atoms with Gasteiger partial charge in [-0.05, 0) is 121 Å². The van der Waals surface area contributed by atoms with Crippen LogP contribution in [0.5, 0.6) is 0 Å². The van der Waals surface area contributed by atoms with Crippen molar-refractivity contribution in [3.05, 3.63) is 142 Å². The minimum Gasteiger partial charge on any atom is -0.462 e. The molecule has 0 saturated heterocycles. The highest BCUT2D eigenvalue weighted by atomic mass is 16.5. The van der Waals surface area contributed by atoms with Gasteiger partial charge in [-0.15, -0.1) is 0 Å². The van der Waals surface area contributed by atoms with Gasteiger partial charge in [0.05, 0.1) is 0 Å². The van der Waals surface area contributed by atoms with Crippen molar-refractivity contribution in [1.29, 1.82) is 0 Å². The molecule has 0 aromatic rings. The van der Waals surface area contributed by atoms with E-state index in [4.69, 9.17) is 4.74 Å². The van der Waals surface area contributed by atoms with Crippen molar-refractivity contribution >= 4 is 5.97 Å². The minimum atomic E-state index is -0.0473. The Labute approximate surface area is 358 Å². The summed E-state index contributed by atoms with van der Waals surface area (Å²) in [4.78, 5) is 12.7. The fourth-order valence-electron chi connectivity index (χ4n) is 8.24. The quantitative estimate of drug-likeness (QED) is 0.0421. The summed E-state index contributed by atoms with van der Waals surface area (Å²) in [5.41, 5.74) is 10.8. The van der Waals surface area contributed by atoms with Crippen LogP contribution >= 0.6 is 0 Å². The third-order valence-electron chi connectivity index (χ3n) is 11.7. The number of carbonyl (C=O) groups is 1. The van der Waals surface area contributed by atoms with Crippen molar-refractivity contribution in [2.24, 2.45) is 10.8 Å². The second kappa shape index (κ2) is 27.9. The third kappa shape index (κ3) is 21.4. The molecule has 1 atom stereocenters. The fraction of sp³-hybridized carbons (Fsp3) is 0.554. The maximum absolute atomic E-state index is 12.7. The zero-order valence-electron chi connectivity index (χ0n) is 39.2. The van der Waals surface area contributed by atoms with Gasteiger partial charge in [-0.2, -0.15) is 0 Å². The molecule has 2 rings (SSSR count). The Morgan fingerprint density at radius 1 is 0.621 bits per heavy atom. The molecule has 320 valence electrons. The molecule has 2 heteroatoms. The van der Waals surface area contributed by atoms with Crippen LogP contribution in [-0.2, 0) is 9.53 Å². The van der Waals surface area contributed by atoms with Gasteiger partial charge < -0.3 is 4.74 Å². The first kappa shape index (κ1) is 50.5. The van der Waals surface area contributed by atoms with Gasteiger partial charge in [0.2, 0.25) is 0 Å². The molecule has 0 aromatic heterocycles. The molecule has 0 aromatic carbocycles. The number of carbonyl (C=O) groups excluding carboxylic acids is 1. The van der Waals surface area contributed by atoms with Crippen molar-refractivity contribution in [1.82, 2.24) is 0 Å². The first-order valence-electron chi connectivity index (χ1n) is 23.0. The van der Waals surface area contributed by atoms with Gasteiger partial charge in [0, 0.05) is 12.8 Å². The van der Waals surface area contributed by atoms with Gasteiger partial charge in [-0.25, -0.2) is 0 Å². The SMILES string of the molecule is CCCCCC/C=C\CCCCCCCC(=O)O[C@@H]1CC(C)=C(/C=C/C(C)=C/C=C/C(C)=C/C=C/C=C(C)/C=C/C=C(C)/C=C/C2=C(C)CCCC2(C)C)C(C)(C)C1. The number of ether oxygens (including phenoxy) is 1. The van der Waals surface area contributed by atoms with Crippen molar-refractivity contribution in [3.63, 3.8) is 0 Å². The molecule has 58 heavy (non-hydrogen) atoms. The Bertz CT molecular complexity index is 1640. The molecule has 0 aliphatic heterocycles. The summed E-state index contributed by atoms with van der Waals surface area (Å²) in [5, 5.41) is 0. The van der Waals surface area contributed by atoms with Crippen LogP contribution in [0.4, 0.5) is 0 Å². The zero-order chi connectivity index (χ0) is 42.8. The van der Waals surface area contributed by atoms with E-state index in [9.17, 15) is 4.79 Å². The van der Waals surface area contributed by atoms with E-state index in [0.29, 0.717) is 6.42 Å². The van der Waals surface area contributed by atoms with E-state index in [2.05, 4.69) is 173 Å². The van der Waals surface area contributed by atoms with Gasteiger partial charge in [-0.3, -0.25) is 4.79 Å². The molecule has 2 nitrogen and oxygen atoms in total. The van der Waals surface area contributed by atoms with Crippen LogP contribution in [0, 0.1) is 10.8 Å². The van der Waals surface area contributed by atoms with Gasteiger partial charge >= 0.3 is 5.97 Å². The van der Waals surface area contributed by atoms with Crippen LogP contribution in [0.2, 0.25) is 0 Å². The zero-order valence-corrected chi connectivity index (χ0v) is 39.2. The number of allylic oxidation sites excluding steroid dienone is 23. The molecule has 0 saturated carbocycles.